The van der Waals surface area contributed by atoms with Crippen LogP contribution in [-0.4, -0.2) is 29.9 Å². The Balaban J connectivity index is 3.61. The molecule has 1 atom stereocenters. The molecule has 14 heavy (non-hydrogen) atoms. The van der Waals surface area contributed by atoms with Crippen LogP contribution in [0.25, 0.3) is 0 Å². The van der Waals surface area contributed by atoms with Gasteiger partial charge in [-0.05, 0) is 6.42 Å². The molecule has 0 aliphatic heterocycles. The molecule has 4 heteroatoms. The van der Waals surface area contributed by atoms with Gasteiger partial charge in [0.1, 0.15) is 5.78 Å². The van der Waals surface area contributed by atoms with Crippen molar-refractivity contribution in [1.29, 1.82) is 0 Å². The van der Waals surface area contributed by atoms with Gasteiger partial charge in [-0.25, -0.2) is 0 Å². The molecule has 1 amide bonds. The van der Waals surface area contributed by atoms with Crippen molar-refractivity contribution in [3.05, 3.63) is 0 Å². The Morgan fingerprint density at radius 1 is 1.36 bits per heavy atom. The van der Waals surface area contributed by atoms with Crippen molar-refractivity contribution in [3.8, 4) is 0 Å². The molecule has 82 valence electrons. The van der Waals surface area contributed by atoms with E-state index in [4.69, 9.17) is 5.11 Å². The Hall–Kier alpha value is -0.900. The van der Waals surface area contributed by atoms with Crippen LogP contribution in [-0.2, 0) is 9.59 Å². The number of aliphatic hydroxyl groups excluding tert-OH is 1. The van der Waals surface area contributed by atoms with Crippen LogP contribution in [0.3, 0.4) is 0 Å². The zero-order valence-corrected chi connectivity index (χ0v) is 8.88. The predicted molar refractivity (Wildman–Crippen MR) is 53.8 cm³/mol. The number of Topliss-reactive ketones (excluding diaryl/α,β-unsaturated/α-hetero) is 1. The van der Waals surface area contributed by atoms with Gasteiger partial charge in [-0.15, -0.1) is 0 Å². The van der Waals surface area contributed by atoms with Gasteiger partial charge in [-0.2, -0.15) is 0 Å². The highest BCUT2D eigenvalue weighted by molar-refractivity contribution is 5.86. The van der Waals surface area contributed by atoms with Gasteiger partial charge < -0.3 is 10.4 Å². The summed E-state index contributed by atoms with van der Waals surface area (Å²) in [4.78, 5) is 22.4. The van der Waals surface area contributed by atoms with Crippen molar-refractivity contribution >= 4 is 11.7 Å². The van der Waals surface area contributed by atoms with Gasteiger partial charge >= 0.3 is 0 Å². The van der Waals surface area contributed by atoms with E-state index >= 15 is 0 Å². The fraction of sp³-hybridized carbons (Fsp3) is 0.800. The molecule has 0 aromatic heterocycles. The molecular formula is C10H19NO3. The zero-order chi connectivity index (χ0) is 11.0. The summed E-state index contributed by atoms with van der Waals surface area (Å²) in [5.41, 5.74) is 0. The highest BCUT2D eigenvalue weighted by Gasteiger charge is 2.11. The monoisotopic (exact) mass is 201 g/mol. The lowest BCUT2D eigenvalue weighted by molar-refractivity contribution is -0.127. The van der Waals surface area contributed by atoms with Crippen molar-refractivity contribution in [2.45, 2.75) is 33.1 Å². The summed E-state index contributed by atoms with van der Waals surface area (Å²) in [5, 5.41) is 10.9. The molecule has 0 rings (SSSR count). The van der Waals surface area contributed by atoms with Crippen LogP contribution in [0.2, 0.25) is 0 Å². The van der Waals surface area contributed by atoms with Gasteiger partial charge in [0.15, 0.2) is 0 Å². The summed E-state index contributed by atoms with van der Waals surface area (Å²) in [6.07, 6.45) is 1.34. The third-order valence-corrected chi connectivity index (χ3v) is 2.19. The van der Waals surface area contributed by atoms with E-state index in [9.17, 15) is 9.59 Å². The molecule has 0 spiro atoms. The summed E-state index contributed by atoms with van der Waals surface area (Å²) in [6, 6.07) is 0. The van der Waals surface area contributed by atoms with Gasteiger partial charge in [0.2, 0.25) is 5.91 Å². The summed E-state index contributed by atoms with van der Waals surface area (Å²) < 4.78 is 0. The minimum Gasteiger partial charge on any atom is -0.395 e. The number of ketones is 1. The second-order valence-electron chi connectivity index (χ2n) is 3.35. The molecule has 0 saturated heterocycles. The molecule has 0 aromatic rings. The first-order chi connectivity index (χ1) is 6.61. The number of nitrogens with one attached hydrogen (secondary N) is 1. The molecule has 0 saturated carbocycles. The van der Waals surface area contributed by atoms with E-state index in [0.717, 1.165) is 6.42 Å². The van der Waals surface area contributed by atoms with E-state index in [-0.39, 0.29) is 37.2 Å². The van der Waals surface area contributed by atoms with Crippen LogP contribution in [0.4, 0.5) is 0 Å². The minimum absolute atomic E-state index is 0.0423. The predicted octanol–water partition coefficient (Wildman–Crippen LogP) is 0.490. The van der Waals surface area contributed by atoms with Gasteiger partial charge in [0.25, 0.3) is 0 Å². The molecule has 1 unspecified atom stereocenters. The van der Waals surface area contributed by atoms with E-state index in [0.29, 0.717) is 6.42 Å². The van der Waals surface area contributed by atoms with Crippen molar-refractivity contribution in [3.63, 3.8) is 0 Å². The van der Waals surface area contributed by atoms with Gasteiger partial charge in [0.05, 0.1) is 6.61 Å². The van der Waals surface area contributed by atoms with E-state index in [2.05, 4.69) is 5.32 Å². The quantitative estimate of drug-likeness (QED) is 0.630. The Morgan fingerprint density at radius 2 is 2.00 bits per heavy atom. The molecule has 0 fully saturated rings. The summed E-state index contributed by atoms with van der Waals surface area (Å²) in [5.74, 6) is 0.00277. The van der Waals surface area contributed by atoms with E-state index in [1.807, 2.05) is 13.8 Å². The number of hydrogen-bond donors (Lipinski definition) is 2. The summed E-state index contributed by atoms with van der Waals surface area (Å²) in [6.45, 7) is 4.02. The normalized spacial score (nSPS) is 12.2. The van der Waals surface area contributed by atoms with Gasteiger partial charge in [-0.3, -0.25) is 9.59 Å². The molecule has 4 nitrogen and oxygen atoms in total. The molecular weight excluding hydrogens is 182 g/mol. The molecule has 2 N–H and O–H groups in total. The van der Waals surface area contributed by atoms with Crippen LogP contribution in [0, 0.1) is 5.92 Å². The highest BCUT2D eigenvalue weighted by Crippen LogP contribution is 2.06. The minimum atomic E-state index is -0.171. The number of carbonyl (C=O) groups is 2. The molecule has 0 aliphatic rings. The third kappa shape index (κ3) is 5.70. The fourth-order valence-corrected chi connectivity index (χ4v) is 0.995. The topological polar surface area (TPSA) is 66.4 Å². The van der Waals surface area contributed by atoms with Crippen LogP contribution >= 0.6 is 0 Å². The van der Waals surface area contributed by atoms with Crippen LogP contribution < -0.4 is 5.32 Å². The van der Waals surface area contributed by atoms with Gasteiger partial charge in [-0.1, -0.05) is 13.8 Å². The number of rotatable bonds is 7. The summed E-state index contributed by atoms with van der Waals surface area (Å²) in [7, 11) is 0. The Kier molecular flexibility index (Phi) is 7.02. The molecule has 0 aliphatic carbocycles. The van der Waals surface area contributed by atoms with Crippen LogP contribution in [0.5, 0.6) is 0 Å². The molecule has 0 heterocycles. The first-order valence-corrected chi connectivity index (χ1v) is 5.02. The van der Waals surface area contributed by atoms with Crippen LogP contribution in [0.15, 0.2) is 0 Å². The molecule has 0 radical (unpaired) electrons. The zero-order valence-electron chi connectivity index (χ0n) is 8.88. The van der Waals surface area contributed by atoms with Gasteiger partial charge in [0, 0.05) is 25.3 Å². The number of carbonyl (C=O) groups excluding carboxylic acids is 2. The second kappa shape index (κ2) is 7.50. The number of hydrogen-bond acceptors (Lipinski definition) is 3. The van der Waals surface area contributed by atoms with Crippen LogP contribution in [0.1, 0.15) is 33.1 Å². The van der Waals surface area contributed by atoms with E-state index in [1.54, 1.807) is 0 Å². The Bertz CT molecular complexity index is 192. The average molecular weight is 201 g/mol. The lowest BCUT2D eigenvalue weighted by atomic mass is 10.00. The summed E-state index contributed by atoms with van der Waals surface area (Å²) >= 11 is 0. The maximum atomic E-state index is 11.3. The SMILES string of the molecule is CCC(C)C(=O)CCC(=O)NCCO. The van der Waals surface area contributed by atoms with E-state index < -0.39 is 0 Å². The van der Waals surface area contributed by atoms with Crippen molar-refractivity contribution in [2.24, 2.45) is 5.92 Å². The van der Waals surface area contributed by atoms with Crippen molar-refractivity contribution in [2.75, 3.05) is 13.2 Å². The lowest BCUT2D eigenvalue weighted by Gasteiger charge is -2.06. The van der Waals surface area contributed by atoms with Crippen molar-refractivity contribution < 1.29 is 14.7 Å². The van der Waals surface area contributed by atoms with Crippen molar-refractivity contribution in [1.82, 2.24) is 5.32 Å². The average Bonchev–Trinajstić information content (AvgIpc) is 2.21. The first kappa shape index (κ1) is 13.1. The standard InChI is InChI=1S/C10H19NO3/c1-3-8(2)9(13)4-5-10(14)11-6-7-12/h8,12H,3-7H2,1-2H3,(H,11,14). The second-order valence-corrected chi connectivity index (χ2v) is 3.35. The molecule has 0 bridgehead atoms. The maximum absolute atomic E-state index is 11.3. The fourth-order valence-electron chi connectivity index (χ4n) is 0.995. The smallest absolute Gasteiger partial charge is 0.220 e. The number of aliphatic hydroxyl groups is 1. The third-order valence-electron chi connectivity index (χ3n) is 2.19. The largest absolute Gasteiger partial charge is 0.395 e. The first-order valence-electron chi connectivity index (χ1n) is 5.02. The number of amides is 1. The lowest BCUT2D eigenvalue weighted by Crippen LogP contribution is -2.27. The van der Waals surface area contributed by atoms with E-state index in [1.165, 1.54) is 0 Å². The highest BCUT2D eigenvalue weighted by atomic mass is 16.3. The Labute approximate surface area is 84.7 Å². The molecule has 0 aromatic carbocycles. The Morgan fingerprint density at radius 3 is 2.50 bits per heavy atom. The maximum Gasteiger partial charge on any atom is 0.220 e.